The van der Waals surface area contributed by atoms with E-state index in [9.17, 15) is 4.39 Å². The Bertz CT molecular complexity index is 565. The first kappa shape index (κ1) is 13.7. The fraction of sp³-hybridized carbons (Fsp3) is 0.400. The number of rotatable bonds is 4. The summed E-state index contributed by atoms with van der Waals surface area (Å²) < 4.78 is 19.0. The van der Waals surface area contributed by atoms with E-state index in [-0.39, 0.29) is 17.9 Å². The molecule has 2 aromatic rings. The first-order valence-corrected chi connectivity index (χ1v) is 6.42. The number of nitrogens with zero attached hydrogens (tertiary/aromatic N) is 1. The van der Waals surface area contributed by atoms with Gasteiger partial charge in [0.2, 0.25) is 5.89 Å². The molecule has 2 unspecified atom stereocenters. The second kappa shape index (κ2) is 5.53. The maximum atomic E-state index is 13.5. The third kappa shape index (κ3) is 3.20. The van der Waals surface area contributed by atoms with Crippen molar-refractivity contribution in [3.63, 3.8) is 0 Å². The van der Waals surface area contributed by atoms with Crippen molar-refractivity contribution in [1.82, 2.24) is 10.3 Å². The largest absolute Gasteiger partial charge is 0.444 e. The maximum absolute atomic E-state index is 13.5. The lowest BCUT2D eigenvalue weighted by molar-refractivity contribution is 0.380. The minimum Gasteiger partial charge on any atom is -0.444 e. The number of nitrogens with one attached hydrogen (secondary N) is 1. The Labute approximate surface area is 112 Å². The van der Waals surface area contributed by atoms with Crippen LogP contribution in [0.25, 0.3) is 0 Å². The van der Waals surface area contributed by atoms with Gasteiger partial charge >= 0.3 is 0 Å². The molecule has 1 heterocycles. The molecule has 0 fully saturated rings. The lowest BCUT2D eigenvalue weighted by Crippen LogP contribution is -2.22. The van der Waals surface area contributed by atoms with Gasteiger partial charge in [-0.25, -0.2) is 9.37 Å². The molecule has 19 heavy (non-hydrogen) atoms. The van der Waals surface area contributed by atoms with Gasteiger partial charge in [-0.2, -0.15) is 0 Å². The maximum Gasteiger partial charge on any atom is 0.211 e. The number of hydrogen-bond donors (Lipinski definition) is 1. The number of oxazole rings is 1. The topological polar surface area (TPSA) is 38.1 Å². The smallest absolute Gasteiger partial charge is 0.211 e. The summed E-state index contributed by atoms with van der Waals surface area (Å²) in [5.74, 6) is 1.26. The Balaban J connectivity index is 2.07. The summed E-state index contributed by atoms with van der Waals surface area (Å²) in [5.41, 5.74) is 1.57. The average Bonchev–Trinajstić information content (AvgIpc) is 2.79. The van der Waals surface area contributed by atoms with Crippen LogP contribution in [0.3, 0.4) is 0 Å². The Kier molecular flexibility index (Phi) is 4.00. The first-order chi connectivity index (χ1) is 8.97. The highest BCUT2D eigenvalue weighted by molar-refractivity contribution is 5.25. The van der Waals surface area contributed by atoms with Crippen molar-refractivity contribution < 1.29 is 8.81 Å². The second-order valence-electron chi connectivity index (χ2n) is 4.93. The molecule has 2 atom stereocenters. The van der Waals surface area contributed by atoms with Crippen LogP contribution in [0.15, 0.2) is 28.8 Å². The van der Waals surface area contributed by atoms with Gasteiger partial charge in [0.1, 0.15) is 11.6 Å². The van der Waals surface area contributed by atoms with E-state index in [1.165, 1.54) is 0 Å². The number of benzene rings is 1. The molecule has 0 bridgehead atoms. The zero-order valence-electron chi connectivity index (χ0n) is 11.7. The molecule has 0 radical (unpaired) electrons. The third-order valence-corrected chi connectivity index (χ3v) is 3.21. The van der Waals surface area contributed by atoms with Crippen molar-refractivity contribution in [3.8, 4) is 0 Å². The quantitative estimate of drug-likeness (QED) is 0.909. The fourth-order valence-corrected chi connectivity index (χ4v) is 1.99. The number of halogens is 1. The van der Waals surface area contributed by atoms with Crippen LogP contribution >= 0.6 is 0 Å². The molecule has 102 valence electrons. The minimum absolute atomic E-state index is 0.0203. The molecule has 1 aromatic carbocycles. The fourth-order valence-electron chi connectivity index (χ4n) is 1.99. The molecule has 4 heteroatoms. The zero-order valence-corrected chi connectivity index (χ0v) is 11.7. The van der Waals surface area contributed by atoms with Crippen LogP contribution < -0.4 is 5.32 Å². The Morgan fingerprint density at radius 2 is 1.95 bits per heavy atom. The number of hydrogen-bond acceptors (Lipinski definition) is 3. The SMILES string of the molecule is Cc1cnc(C(C)NC(C)c2ccc(C)c(F)c2)o1. The Hall–Kier alpha value is -1.68. The van der Waals surface area contributed by atoms with Gasteiger partial charge in [-0.15, -0.1) is 0 Å². The van der Waals surface area contributed by atoms with Crippen molar-refractivity contribution in [2.45, 2.75) is 39.8 Å². The van der Waals surface area contributed by atoms with E-state index in [0.717, 1.165) is 11.3 Å². The minimum atomic E-state index is -0.175. The highest BCUT2D eigenvalue weighted by atomic mass is 19.1. The molecular weight excluding hydrogens is 243 g/mol. The summed E-state index contributed by atoms with van der Waals surface area (Å²) in [7, 11) is 0. The van der Waals surface area contributed by atoms with Crippen molar-refractivity contribution in [1.29, 1.82) is 0 Å². The van der Waals surface area contributed by atoms with E-state index in [1.807, 2.05) is 26.8 Å². The molecule has 0 saturated heterocycles. The van der Waals surface area contributed by atoms with Gasteiger partial charge in [-0.3, -0.25) is 5.32 Å². The summed E-state index contributed by atoms with van der Waals surface area (Å²) in [6, 6.07) is 5.30. The molecular formula is C15H19FN2O. The molecule has 1 N–H and O–H groups in total. The predicted molar refractivity (Wildman–Crippen MR) is 72.3 cm³/mol. The molecule has 0 aliphatic rings. The number of aromatic nitrogens is 1. The van der Waals surface area contributed by atoms with Crippen LogP contribution in [0.5, 0.6) is 0 Å². The van der Waals surface area contributed by atoms with Crippen molar-refractivity contribution in [2.24, 2.45) is 0 Å². The Morgan fingerprint density at radius 3 is 2.53 bits per heavy atom. The van der Waals surface area contributed by atoms with Gasteiger partial charge in [0.15, 0.2) is 0 Å². The van der Waals surface area contributed by atoms with Gasteiger partial charge in [0.05, 0.1) is 12.2 Å². The molecule has 3 nitrogen and oxygen atoms in total. The van der Waals surface area contributed by atoms with Crippen molar-refractivity contribution >= 4 is 0 Å². The van der Waals surface area contributed by atoms with E-state index in [2.05, 4.69) is 10.3 Å². The zero-order chi connectivity index (χ0) is 14.0. The van der Waals surface area contributed by atoms with E-state index < -0.39 is 0 Å². The highest BCUT2D eigenvalue weighted by Crippen LogP contribution is 2.20. The van der Waals surface area contributed by atoms with Gasteiger partial charge in [-0.1, -0.05) is 12.1 Å². The number of aryl methyl sites for hydroxylation is 2. The van der Waals surface area contributed by atoms with E-state index in [4.69, 9.17) is 4.42 Å². The standard InChI is InChI=1S/C15H19FN2O/c1-9-5-6-13(7-14(9)16)11(3)18-12(4)15-17-8-10(2)19-15/h5-8,11-12,18H,1-4H3. The summed E-state index contributed by atoms with van der Waals surface area (Å²) >= 11 is 0. The summed E-state index contributed by atoms with van der Waals surface area (Å²) in [4.78, 5) is 4.19. The molecule has 0 spiro atoms. The van der Waals surface area contributed by atoms with E-state index in [1.54, 1.807) is 25.3 Å². The molecule has 1 aromatic heterocycles. The lowest BCUT2D eigenvalue weighted by Gasteiger charge is -2.18. The molecule has 0 aliphatic heterocycles. The second-order valence-corrected chi connectivity index (χ2v) is 4.93. The monoisotopic (exact) mass is 262 g/mol. The van der Waals surface area contributed by atoms with Crippen LogP contribution in [0.2, 0.25) is 0 Å². The predicted octanol–water partition coefficient (Wildman–Crippen LogP) is 3.84. The summed E-state index contributed by atoms with van der Waals surface area (Å²) in [6.45, 7) is 7.60. The lowest BCUT2D eigenvalue weighted by atomic mass is 10.1. The van der Waals surface area contributed by atoms with Crippen molar-refractivity contribution in [2.75, 3.05) is 0 Å². The van der Waals surface area contributed by atoms with E-state index >= 15 is 0 Å². The first-order valence-electron chi connectivity index (χ1n) is 6.42. The highest BCUT2D eigenvalue weighted by Gasteiger charge is 2.15. The van der Waals surface area contributed by atoms with Crippen LogP contribution in [0, 0.1) is 19.7 Å². The summed E-state index contributed by atoms with van der Waals surface area (Å²) in [6.07, 6.45) is 1.70. The van der Waals surface area contributed by atoms with Crippen LogP contribution in [-0.2, 0) is 0 Å². The average molecular weight is 262 g/mol. The summed E-state index contributed by atoms with van der Waals surface area (Å²) in [5, 5.41) is 3.35. The van der Waals surface area contributed by atoms with Crippen molar-refractivity contribution in [3.05, 3.63) is 53.0 Å². The van der Waals surface area contributed by atoms with Crippen LogP contribution in [0.4, 0.5) is 4.39 Å². The van der Waals surface area contributed by atoms with Gasteiger partial charge < -0.3 is 4.42 Å². The van der Waals surface area contributed by atoms with Crippen LogP contribution in [0.1, 0.15) is 48.7 Å². The Morgan fingerprint density at radius 1 is 1.21 bits per heavy atom. The molecule has 0 amide bonds. The normalized spacial score (nSPS) is 14.4. The van der Waals surface area contributed by atoms with Crippen LogP contribution in [-0.4, -0.2) is 4.98 Å². The van der Waals surface area contributed by atoms with Gasteiger partial charge in [0.25, 0.3) is 0 Å². The molecule has 2 rings (SSSR count). The van der Waals surface area contributed by atoms with Gasteiger partial charge in [0, 0.05) is 6.04 Å². The third-order valence-electron chi connectivity index (χ3n) is 3.21. The van der Waals surface area contributed by atoms with Gasteiger partial charge in [-0.05, 0) is 44.9 Å². The van der Waals surface area contributed by atoms with E-state index in [0.29, 0.717) is 11.5 Å². The molecule has 0 aliphatic carbocycles. The molecule has 0 saturated carbocycles.